The van der Waals surface area contributed by atoms with Crippen LogP contribution in [0.2, 0.25) is 10.0 Å². The Labute approximate surface area is 245 Å². The molecule has 0 aliphatic carbocycles. The Hall–Kier alpha value is -3.11. The Morgan fingerprint density at radius 1 is 0.975 bits per heavy atom. The number of halogens is 2. The maximum atomic E-state index is 13.4. The minimum absolute atomic E-state index is 0.135. The van der Waals surface area contributed by atoms with E-state index in [1.54, 1.807) is 63.4 Å². The zero-order chi connectivity index (χ0) is 29.3. The van der Waals surface area contributed by atoms with Gasteiger partial charge in [0.2, 0.25) is 21.8 Å². The van der Waals surface area contributed by atoms with Crippen molar-refractivity contribution in [2.24, 2.45) is 0 Å². The number of benzene rings is 3. The van der Waals surface area contributed by atoms with E-state index in [-0.39, 0.29) is 36.2 Å². The third-order valence-corrected chi connectivity index (χ3v) is 8.49. The van der Waals surface area contributed by atoms with E-state index in [0.717, 1.165) is 11.1 Å². The Balaban J connectivity index is 1.72. The third kappa shape index (κ3) is 8.69. The van der Waals surface area contributed by atoms with Gasteiger partial charge in [-0.15, -0.1) is 0 Å². The van der Waals surface area contributed by atoms with Gasteiger partial charge in [0.05, 0.1) is 12.0 Å². The number of hydrogen-bond donors (Lipinski definition) is 2. The van der Waals surface area contributed by atoms with Gasteiger partial charge in [0.25, 0.3) is 0 Å². The van der Waals surface area contributed by atoms with E-state index in [1.807, 2.05) is 12.1 Å². The van der Waals surface area contributed by atoms with E-state index in [0.29, 0.717) is 34.3 Å². The largest absolute Gasteiger partial charge is 0.497 e. The highest BCUT2D eigenvalue weighted by molar-refractivity contribution is 7.89. The monoisotopic (exact) mass is 605 g/mol. The number of aryl methyl sites for hydroxylation is 1. The highest BCUT2D eigenvalue weighted by Crippen LogP contribution is 2.21. The first-order chi connectivity index (χ1) is 19.0. The second kappa shape index (κ2) is 14.5. The minimum atomic E-state index is -3.56. The molecule has 1 atom stereocenters. The molecule has 40 heavy (non-hydrogen) atoms. The summed E-state index contributed by atoms with van der Waals surface area (Å²) < 4.78 is 32.1. The fraction of sp³-hybridized carbons (Fsp3) is 0.310. The molecule has 214 valence electrons. The second-order valence-electron chi connectivity index (χ2n) is 9.14. The summed E-state index contributed by atoms with van der Waals surface area (Å²) in [6.45, 7) is 4.09. The summed E-state index contributed by atoms with van der Waals surface area (Å²) in [5.74, 6) is 0.144. The van der Waals surface area contributed by atoms with Crippen molar-refractivity contribution in [2.75, 3.05) is 13.7 Å². The van der Waals surface area contributed by atoms with Crippen molar-refractivity contribution >= 4 is 45.0 Å². The number of nitrogens with one attached hydrogen (secondary N) is 2. The number of methoxy groups -OCH3 is 1. The van der Waals surface area contributed by atoms with Crippen molar-refractivity contribution in [3.05, 3.63) is 93.5 Å². The Morgan fingerprint density at radius 3 is 2.23 bits per heavy atom. The summed E-state index contributed by atoms with van der Waals surface area (Å²) in [6, 6.07) is 18.0. The van der Waals surface area contributed by atoms with Crippen LogP contribution in [0, 0.1) is 0 Å². The van der Waals surface area contributed by atoms with Gasteiger partial charge in [-0.1, -0.05) is 60.5 Å². The zero-order valence-electron chi connectivity index (χ0n) is 22.6. The topological polar surface area (TPSA) is 105 Å². The van der Waals surface area contributed by atoms with Gasteiger partial charge < -0.3 is 15.0 Å². The molecule has 0 aliphatic heterocycles. The molecule has 0 fully saturated rings. The molecule has 0 aliphatic rings. The predicted molar refractivity (Wildman–Crippen MR) is 157 cm³/mol. The minimum Gasteiger partial charge on any atom is -0.497 e. The normalized spacial score (nSPS) is 12.0. The van der Waals surface area contributed by atoms with Crippen molar-refractivity contribution in [3.8, 4) is 5.75 Å². The van der Waals surface area contributed by atoms with Crippen LogP contribution in [0.1, 0.15) is 37.0 Å². The third-order valence-electron chi connectivity index (χ3n) is 6.34. The SMILES string of the molecule is CCNS(=O)(=O)c1ccc(CCC(=O)N(Cc2ccc(OC)cc2)C(C)C(=O)NCc2ccc(Cl)cc2Cl)cc1. The molecule has 0 heterocycles. The van der Waals surface area contributed by atoms with Gasteiger partial charge in [-0.2, -0.15) is 0 Å². The lowest BCUT2D eigenvalue weighted by Crippen LogP contribution is -2.47. The van der Waals surface area contributed by atoms with E-state index < -0.39 is 16.1 Å². The predicted octanol–water partition coefficient (Wildman–Crippen LogP) is 4.97. The molecule has 3 rings (SSSR count). The van der Waals surface area contributed by atoms with Crippen LogP contribution in [0.25, 0.3) is 0 Å². The average molecular weight is 607 g/mol. The molecule has 0 radical (unpaired) electrons. The molecule has 2 N–H and O–H groups in total. The lowest BCUT2D eigenvalue weighted by molar-refractivity contribution is -0.140. The first kappa shape index (κ1) is 31.4. The zero-order valence-corrected chi connectivity index (χ0v) is 24.9. The molecule has 1 unspecified atom stereocenters. The fourth-order valence-corrected chi connectivity index (χ4v) is 5.53. The highest BCUT2D eigenvalue weighted by atomic mass is 35.5. The molecule has 0 saturated heterocycles. The Kier molecular flexibility index (Phi) is 11.4. The molecule has 0 spiro atoms. The maximum Gasteiger partial charge on any atom is 0.242 e. The summed E-state index contributed by atoms with van der Waals surface area (Å²) in [5.41, 5.74) is 2.36. The van der Waals surface area contributed by atoms with E-state index >= 15 is 0 Å². The lowest BCUT2D eigenvalue weighted by Gasteiger charge is -2.29. The van der Waals surface area contributed by atoms with Gasteiger partial charge in [-0.25, -0.2) is 13.1 Å². The van der Waals surface area contributed by atoms with Crippen molar-refractivity contribution < 1.29 is 22.7 Å². The van der Waals surface area contributed by atoms with Crippen LogP contribution in [-0.2, 0) is 39.1 Å². The quantitative estimate of drug-likeness (QED) is 0.286. The molecule has 3 aromatic carbocycles. The smallest absolute Gasteiger partial charge is 0.242 e. The Bertz CT molecular complexity index is 1410. The molecule has 8 nitrogen and oxygen atoms in total. The lowest BCUT2D eigenvalue weighted by atomic mass is 10.1. The number of carbonyl (C=O) groups excluding carboxylic acids is 2. The summed E-state index contributed by atoms with van der Waals surface area (Å²) in [6.07, 6.45) is 0.518. The number of rotatable bonds is 13. The standard InChI is InChI=1S/C29H33Cl2N3O5S/c1-4-33-40(37,38)26-14-7-21(8-15-26)9-16-28(35)34(19-22-5-12-25(39-3)13-6-22)20(2)29(36)32-18-23-10-11-24(30)17-27(23)31/h5-8,10-15,17,20,33H,4,9,16,18-19H2,1-3H3,(H,32,36). The van der Waals surface area contributed by atoms with Crippen molar-refractivity contribution in [2.45, 2.75) is 50.7 Å². The van der Waals surface area contributed by atoms with Crippen LogP contribution in [0.4, 0.5) is 0 Å². The van der Waals surface area contributed by atoms with Crippen LogP contribution < -0.4 is 14.8 Å². The molecule has 11 heteroatoms. The molecule has 3 aromatic rings. The first-order valence-electron chi connectivity index (χ1n) is 12.8. The van der Waals surface area contributed by atoms with Crippen LogP contribution in [0.3, 0.4) is 0 Å². The average Bonchev–Trinajstić information content (AvgIpc) is 2.94. The fourth-order valence-electron chi connectivity index (χ4n) is 4.01. The summed E-state index contributed by atoms with van der Waals surface area (Å²) >= 11 is 12.2. The van der Waals surface area contributed by atoms with Crippen LogP contribution in [-0.4, -0.2) is 44.8 Å². The van der Waals surface area contributed by atoms with Gasteiger partial charge in [0.15, 0.2) is 0 Å². The second-order valence-corrected chi connectivity index (χ2v) is 11.8. The van der Waals surface area contributed by atoms with Crippen molar-refractivity contribution in [1.82, 2.24) is 14.9 Å². The number of amides is 2. The molecular weight excluding hydrogens is 573 g/mol. The van der Waals surface area contributed by atoms with Crippen molar-refractivity contribution in [3.63, 3.8) is 0 Å². The number of ether oxygens (including phenoxy) is 1. The summed E-state index contributed by atoms with van der Waals surface area (Å²) in [5, 5.41) is 3.80. The molecule has 0 aromatic heterocycles. The van der Waals surface area contributed by atoms with Gasteiger partial charge in [0.1, 0.15) is 11.8 Å². The number of carbonyl (C=O) groups is 2. The molecule has 0 bridgehead atoms. The van der Waals surface area contributed by atoms with Crippen LogP contribution in [0.5, 0.6) is 5.75 Å². The van der Waals surface area contributed by atoms with Gasteiger partial charge in [-0.3, -0.25) is 9.59 Å². The van der Waals surface area contributed by atoms with Crippen molar-refractivity contribution in [1.29, 1.82) is 0 Å². The molecule has 0 saturated carbocycles. The maximum absolute atomic E-state index is 13.4. The number of sulfonamides is 1. The summed E-state index contributed by atoms with van der Waals surface area (Å²) in [7, 11) is -1.98. The van der Waals surface area contributed by atoms with Gasteiger partial charge >= 0.3 is 0 Å². The van der Waals surface area contributed by atoms with Crippen LogP contribution in [0.15, 0.2) is 71.6 Å². The van der Waals surface area contributed by atoms with Gasteiger partial charge in [-0.05, 0) is 66.4 Å². The Morgan fingerprint density at radius 2 is 1.62 bits per heavy atom. The first-order valence-corrected chi connectivity index (χ1v) is 15.0. The summed E-state index contributed by atoms with van der Waals surface area (Å²) in [4.78, 5) is 28.3. The van der Waals surface area contributed by atoms with E-state index in [1.165, 1.54) is 17.0 Å². The van der Waals surface area contributed by atoms with E-state index in [2.05, 4.69) is 10.0 Å². The van der Waals surface area contributed by atoms with E-state index in [9.17, 15) is 18.0 Å². The van der Waals surface area contributed by atoms with E-state index in [4.69, 9.17) is 27.9 Å². The van der Waals surface area contributed by atoms with Gasteiger partial charge in [0, 0.05) is 36.1 Å². The number of nitrogens with zero attached hydrogens (tertiary/aromatic N) is 1. The molecular formula is C29H33Cl2N3O5S. The van der Waals surface area contributed by atoms with Crippen LogP contribution >= 0.6 is 23.2 Å². The number of hydrogen-bond acceptors (Lipinski definition) is 5. The molecule has 2 amide bonds. The highest BCUT2D eigenvalue weighted by Gasteiger charge is 2.26.